The van der Waals surface area contributed by atoms with Gasteiger partial charge in [0.15, 0.2) is 5.65 Å². The summed E-state index contributed by atoms with van der Waals surface area (Å²) in [5, 5.41) is 7.78. The van der Waals surface area contributed by atoms with Crippen molar-refractivity contribution >= 4 is 28.2 Å². The Balaban J connectivity index is 2.21. The topological polar surface area (TPSA) is 85.4 Å². The van der Waals surface area contributed by atoms with Gasteiger partial charge >= 0.3 is 5.69 Å². The molecule has 0 aliphatic heterocycles. The highest BCUT2D eigenvalue weighted by Crippen LogP contribution is 2.31. The third-order valence-corrected chi connectivity index (χ3v) is 3.66. The average molecular weight is 307 g/mol. The van der Waals surface area contributed by atoms with Crippen molar-refractivity contribution in [1.29, 1.82) is 0 Å². The van der Waals surface area contributed by atoms with E-state index in [1.54, 1.807) is 6.07 Å². The Morgan fingerprint density at radius 1 is 1.43 bits per heavy atom. The van der Waals surface area contributed by atoms with Gasteiger partial charge in [-0.05, 0) is 43.7 Å². The van der Waals surface area contributed by atoms with Gasteiger partial charge in [0, 0.05) is 5.39 Å². The molecule has 2 heterocycles. The van der Waals surface area contributed by atoms with Crippen molar-refractivity contribution in [3.63, 3.8) is 0 Å². The van der Waals surface area contributed by atoms with E-state index in [1.165, 1.54) is 4.40 Å². The Hall–Kier alpha value is -2.05. The van der Waals surface area contributed by atoms with E-state index in [4.69, 9.17) is 22.1 Å². The lowest BCUT2D eigenvalue weighted by molar-refractivity contribution is 0.314. The largest absolute Gasteiger partial charge is 0.492 e. The normalized spacial score (nSPS) is 11.4. The summed E-state index contributed by atoms with van der Waals surface area (Å²) < 4.78 is 7.14. The van der Waals surface area contributed by atoms with Crippen molar-refractivity contribution in [3.8, 4) is 5.75 Å². The predicted octanol–water partition coefficient (Wildman–Crippen LogP) is 1.87. The fourth-order valence-corrected chi connectivity index (χ4v) is 2.54. The lowest BCUT2D eigenvalue weighted by Gasteiger charge is -2.11. The number of ether oxygens (including phenoxy) is 1. The second-order valence-corrected chi connectivity index (χ2v) is 5.25. The zero-order chi connectivity index (χ0) is 15.0. The van der Waals surface area contributed by atoms with Gasteiger partial charge in [-0.15, -0.1) is 0 Å². The molecule has 0 aliphatic carbocycles. The molecule has 3 rings (SSSR count). The number of aromatic amines is 1. The van der Waals surface area contributed by atoms with Crippen molar-refractivity contribution < 1.29 is 4.74 Å². The number of benzene rings is 1. The summed E-state index contributed by atoms with van der Waals surface area (Å²) in [7, 11) is 0. The van der Waals surface area contributed by atoms with E-state index in [0.717, 1.165) is 17.4 Å². The highest BCUT2D eigenvalue weighted by atomic mass is 35.5. The SMILES string of the molecule is Cc1cc2n[nH]c(=O)n2c2cc(Cl)c(OCCCN)cc12. The van der Waals surface area contributed by atoms with E-state index >= 15 is 0 Å². The third kappa shape index (κ3) is 2.36. The number of nitrogens with one attached hydrogen (secondary N) is 1. The van der Waals surface area contributed by atoms with Gasteiger partial charge in [0.1, 0.15) is 5.75 Å². The first kappa shape index (κ1) is 13.9. The number of aromatic nitrogens is 3. The summed E-state index contributed by atoms with van der Waals surface area (Å²) in [6, 6.07) is 5.42. The Bertz CT molecular complexity index is 869. The Morgan fingerprint density at radius 3 is 3.00 bits per heavy atom. The fraction of sp³-hybridized carbons (Fsp3) is 0.286. The van der Waals surface area contributed by atoms with Crippen LogP contribution < -0.4 is 16.2 Å². The van der Waals surface area contributed by atoms with Crippen LogP contribution in [0.15, 0.2) is 23.0 Å². The molecule has 0 atom stereocenters. The molecule has 0 saturated carbocycles. The van der Waals surface area contributed by atoms with Crippen LogP contribution in [0.4, 0.5) is 0 Å². The molecule has 2 aromatic heterocycles. The van der Waals surface area contributed by atoms with Crippen LogP contribution in [0.1, 0.15) is 12.0 Å². The van der Waals surface area contributed by atoms with E-state index in [2.05, 4.69) is 10.2 Å². The summed E-state index contributed by atoms with van der Waals surface area (Å²) >= 11 is 6.25. The number of fused-ring (bicyclic) bond motifs is 3. The van der Waals surface area contributed by atoms with Gasteiger partial charge in [-0.1, -0.05) is 11.6 Å². The number of nitrogens with zero attached hydrogens (tertiary/aromatic N) is 2. The summed E-state index contributed by atoms with van der Waals surface area (Å²) in [5.74, 6) is 0.594. The fourth-order valence-electron chi connectivity index (χ4n) is 2.33. The molecule has 0 aliphatic rings. The summed E-state index contributed by atoms with van der Waals surface area (Å²) in [4.78, 5) is 11.9. The molecule has 0 fully saturated rings. The van der Waals surface area contributed by atoms with Crippen molar-refractivity contribution in [2.45, 2.75) is 13.3 Å². The van der Waals surface area contributed by atoms with Crippen LogP contribution in [0, 0.1) is 6.92 Å². The van der Waals surface area contributed by atoms with Crippen LogP contribution in [-0.4, -0.2) is 27.7 Å². The molecule has 0 saturated heterocycles. The molecule has 0 unspecified atom stereocenters. The maximum atomic E-state index is 11.9. The van der Waals surface area contributed by atoms with Crippen LogP contribution >= 0.6 is 11.6 Å². The number of H-pyrrole nitrogens is 1. The zero-order valence-corrected chi connectivity index (χ0v) is 12.3. The summed E-state index contributed by atoms with van der Waals surface area (Å²) in [6.45, 7) is 3.03. The summed E-state index contributed by atoms with van der Waals surface area (Å²) in [6.07, 6.45) is 0.758. The van der Waals surface area contributed by atoms with Crippen molar-refractivity contribution in [3.05, 3.63) is 39.3 Å². The van der Waals surface area contributed by atoms with Crippen LogP contribution in [0.3, 0.4) is 0 Å². The monoisotopic (exact) mass is 306 g/mol. The molecular formula is C14H15ClN4O2. The Morgan fingerprint density at radius 2 is 2.24 bits per heavy atom. The van der Waals surface area contributed by atoms with E-state index in [0.29, 0.717) is 35.1 Å². The number of pyridine rings is 1. The van der Waals surface area contributed by atoms with Crippen molar-refractivity contribution in [2.75, 3.05) is 13.2 Å². The number of nitrogens with two attached hydrogens (primary N) is 1. The first-order valence-electron chi connectivity index (χ1n) is 6.64. The lowest BCUT2D eigenvalue weighted by Crippen LogP contribution is -2.10. The number of hydrogen-bond acceptors (Lipinski definition) is 4. The minimum atomic E-state index is -0.289. The molecule has 3 aromatic rings. The number of aryl methyl sites for hydroxylation is 1. The van der Waals surface area contributed by atoms with Crippen LogP contribution in [0.25, 0.3) is 16.6 Å². The lowest BCUT2D eigenvalue weighted by atomic mass is 10.1. The van der Waals surface area contributed by atoms with E-state index in [9.17, 15) is 4.79 Å². The minimum Gasteiger partial charge on any atom is -0.492 e. The van der Waals surface area contributed by atoms with Gasteiger partial charge in [0.05, 0.1) is 17.1 Å². The first-order chi connectivity index (χ1) is 10.1. The van der Waals surface area contributed by atoms with E-state index in [-0.39, 0.29) is 5.69 Å². The predicted molar refractivity (Wildman–Crippen MR) is 82.2 cm³/mol. The third-order valence-electron chi connectivity index (χ3n) is 3.37. The molecule has 0 radical (unpaired) electrons. The van der Waals surface area contributed by atoms with Gasteiger partial charge in [-0.2, -0.15) is 5.10 Å². The van der Waals surface area contributed by atoms with Gasteiger partial charge < -0.3 is 10.5 Å². The Kier molecular flexibility index (Phi) is 3.57. The average Bonchev–Trinajstić information content (AvgIpc) is 2.81. The molecule has 6 nitrogen and oxygen atoms in total. The molecule has 21 heavy (non-hydrogen) atoms. The molecule has 110 valence electrons. The second kappa shape index (κ2) is 5.38. The molecule has 0 bridgehead atoms. The smallest absolute Gasteiger partial charge is 0.348 e. The molecule has 3 N–H and O–H groups in total. The van der Waals surface area contributed by atoms with E-state index < -0.39 is 0 Å². The van der Waals surface area contributed by atoms with Crippen LogP contribution in [0.2, 0.25) is 5.02 Å². The molecule has 7 heteroatoms. The van der Waals surface area contributed by atoms with E-state index in [1.807, 2.05) is 19.1 Å². The standard InChI is InChI=1S/C14H15ClN4O2/c1-8-5-13-17-18-14(20)19(13)11-7-10(15)12(6-9(8)11)21-4-2-3-16/h5-7H,2-4,16H2,1H3,(H,18,20). The van der Waals surface area contributed by atoms with Crippen LogP contribution in [0.5, 0.6) is 5.75 Å². The highest BCUT2D eigenvalue weighted by molar-refractivity contribution is 6.32. The van der Waals surface area contributed by atoms with Gasteiger partial charge in [0.2, 0.25) is 0 Å². The van der Waals surface area contributed by atoms with Crippen molar-refractivity contribution in [2.24, 2.45) is 5.73 Å². The molecule has 1 aromatic carbocycles. The maximum Gasteiger partial charge on any atom is 0.348 e. The van der Waals surface area contributed by atoms with Gasteiger partial charge in [-0.25, -0.2) is 14.3 Å². The highest BCUT2D eigenvalue weighted by Gasteiger charge is 2.12. The summed E-state index contributed by atoms with van der Waals surface area (Å²) in [5.41, 5.74) is 7.43. The number of halogens is 1. The maximum absolute atomic E-state index is 11.9. The van der Waals surface area contributed by atoms with Crippen molar-refractivity contribution in [1.82, 2.24) is 14.6 Å². The van der Waals surface area contributed by atoms with Crippen LogP contribution in [-0.2, 0) is 0 Å². The number of rotatable bonds is 4. The van der Waals surface area contributed by atoms with Gasteiger partial charge in [-0.3, -0.25) is 0 Å². The first-order valence-corrected chi connectivity index (χ1v) is 7.02. The molecule has 0 amide bonds. The number of hydrogen-bond donors (Lipinski definition) is 2. The molecular weight excluding hydrogens is 292 g/mol. The Labute approximate surface area is 125 Å². The van der Waals surface area contributed by atoms with Gasteiger partial charge in [0.25, 0.3) is 0 Å². The quantitative estimate of drug-likeness (QED) is 0.721. The zero-order valence-electron chi connectivity index (χ0n) is 11.5. The minimum absolute atomic E-state index is 0.289. The molecule has 0 spiro atoms. The second-order valence-electron chi connectivity index (χ2n) is 4.84.